The van der Waals surface area contributed by atoms with Crippen molar-refractivity contribution in [3.63, 3.8) is 0 Å². The Morgan fingerprint density at radius 3 is 2.85 bits per heavy atom. The van der Waals surface area contributed by atoms with Gasteiger partial charge in [-0.2, -0.15) is 0 Å². The van der Waals surface area contributed by atoms with Crippen LogP contribution in [-0.4, -0.2) is 30.5 Å². The first-order valence-electron chi connectivity index (χ1n) is 5.85. The number of H-pyrrole nitrogens is 1. The molecule has 0 aliphatic heterocycles. The number of rotatable bonds is 6. The van der Waals surface area contributed by atoms with E-state index in [1.54, 1.807) is 18.3 Å². The highest BCUT2D eigenvalue weighted by atomic mass is 32.2. The zero-order chi connectivity index (χ0) is 14.8. The van der Waals surface area contributed by atoms with Crippen LogP contribution in [-0.2, 0) is 16.4 Å². The topological polar surface area (TPSA) is 99.3 Å². The van der Waals surface area contributed by atoms with Crippen molar-refractivity contribution in [1.82, 2.24) is 9.71 Å². The van der Waals surface area contributed by atoms with Crippen LogP contribution >= 0.6 is 11.3 Å². The summed E-state index contributed by atoms with van der Waals surface area (Å²) in [6.45, 7) is 1.77. The zero-order valence-electron chi connectivity index (χ0n) is 10.7. The molecule has 108 valence electrons. The standard InChI is InChI=1S/C12H14N2O4S2/c1-8(5-9-3-2-4-19-9)14-20(17,18)10-6-11(12(15)16)13-7-10/h2-4,6-8,13-14H,5H2,1H3,(H,15,16). The predicted octanol–water partition coefficient (Wildman–Crippen LogP) is 1.68. The van der Waals surface area contributed by atoms with Crippen LogP contribution in [0.5, 0.6) is 0 Å². The van der Waals surface area contributed by atoms with E-state index in [4.69, 9.17) is 5.11 Å². The molecular weight excluding hydrogens is 300 g/mol. The molecule has 2 aromatic heterocycles. The summed E-state index contributed by atoms with van der Waals surface area (Å²) in [4.78, 5) is 14.2. The monoisotopic (exact) mass is 314 g/mol. The maximum atomic E-state index is 12.1. The number of carbonyl (C=O) groups is 1. The number of aromatic amines is 1. The normalized spacial score (nSPS) is 13.2. The number of thiophene rings is 1. The Bertz CT molecular complexity index is 689. The van der Waals surface area contributed by atoms with Gasteiger partial charge in [0.2, 0.25) is 10.0 Å². The van der Waals surface area contributed by atoms with Gasteiger partial charge in [0, 0.05) is 17.1 Å². The number of hydrogen-bond acceptors (Lipinski definition) is 4. The molecule has 3 N–H and O–H groups in total. The molecule has 0 fully saturated rings. The maximum Gasteiger partial charge on any atom is 0.352 e. The molecule has 0 aliphatic rings. The van der Waals surface area contributed by atoms with Gasteiger partial charge >= 0.3 is 5.97 Å². The van der Waals surface area contributed by atoms with Gasteiger partial charge in [-0.1, -0.05) is 6.07 Å². The second-order valence-corrected chi connectivity index (χ2v) is 7.11. The molecule has 0 spiro atoms. The van der Waals surface area contributed by atoms with Crippen LogP contribution in [0.25, 0.3) is 0 Å². The Labute approximate surface area is 120 Å². The van der Waals surface area contributed by atoms with Crippen LogP contribution in [0.1, 0.15) is 22.3 Å². The first-order valence-corrected chi connectivity index (χ1v) is 8.21. The minimum Gasteiger partial charge on any atom is -0.477 e. The van der Waals surface area contributed by atoms with Crippen LogP contribution in [0.3, 0.4) is 0 Å². The highest BCUT2D eigenvalue weighted by Gasteiger charge is 2.20. The van der Waals surface area contributed by atoms with Gasteiger partial charge in [0.15, 0.2) is 0 Å². The second kappa shape index (κ2) is 5.78. The fraction of sp³-hybridized carbons (Fsp3) is 0.250. The highest BCUT2D eigenvalue weighted by Crippen LogP contribution is 2.14. The van der Waals surface area contributed by atoms with E-state index in [1.165, 1.54) is 6.20 Å². The Kier molecular flexibility index (Phi) is 4.26. The van der Waals surface area contributed by atoms with Crippen LogP contribution in [0.4, 0.5) is 0 Å². The number of aromatic carboxylic acids is 1. The lowest BCUT2D eigenvalue weighted by molar-refractivity contribution is 0.0691. The molecule has 2 heterocycles. The molecule has 1 unspecified atom stereocenters. The van der Waals surface area contributed by atoms with Gasteiger partial charge in [-0.3, -0.25) is 0 Å². The van der Waals surface area contributed by atoms with E-state index in [0.29, 0.717) is 6.42 Å². The molecule has 8 heteroatoms. The van der Waals surface area contributed by atoms with E-state index in [-0.39, 0.29) is 16.6 Å². The third kappa shape index (κ3) is 3.47. The highest BCUT2D eigenvalue weighted by molar-refractivity contribution is 7.89. The third-order valence-electron chi connectivity index (χ3n) is 2.64. The lowest BCUT2D eigenvalue weighted by atomic mass is 10.2. The molecule has 2 rings (SSSR count). The van der Waals surface area contributed by atoms with Crippen molar-refractivity contribution < 1.29 is 18.3 Å². The number of hydrogen-bond donors (Lipinski definition) is 3. The average Bonchev–Trinajstić information content (AvgIpc) is 2.97. The number of nitrogens with one attached hydrogen (secondary N) is 2. The third-order valence-corrected chi connectivity index (χ3v) is 5.11. The van der Waals surface area contributed by atoms with Gasteiger partial charge < -0.3 is 10.1 Å². The van der Waals surface area contributed by atoms with E-state index >= 15 is 0 Å². The van der Waals surface area contributed by atoms with Crippen molar-refractivity contribution in [3.05, 3.63) is 40.3 Å². The van der Waals surface area contributed by atoms with E-state index < -0.39 is 16.0 Å². The van der Waals surface area contributed by atoms with Crippen LogP contribution < -0.4 is 4.72 Å². The van der Waals surface area contributed by atoms with E-state index in [2.05, 4.69) is 9.71 Å². The summed E-state index contributed by atoms with van der Waals surface area (Å²) >= 11 is 1.56. The largest absolute Gasteiger partial charge is 0.477 e. The molecule has 0 saturated heterocycles. The number of carboxylic acids is 1. The molecule has 0 aromatic carbocycles. The summed E-state index contributed by atoms with van der Waals surface area (Å²) in [5, 5.41) is 10.7. The van der Waals surface area contributed by atoms with Gasteiger partial charge in [-0.15, -0.1) is 11.3 Å². The summed E-state index contributed by atoms with van der Waals surface area (Å²) in [7, 11) is -3.72. The summed E-state index contributed by atoms with van der Waals surface area (Å²) in [5.41, 5.74) is -0.156. The summed E-state index contributed by atoms with van der Waals surface area (Å²) < 4.78 is 26.7. The molecular formula is C12H14N2O4S2. The number of sulfonamides is 1. The van der Waals surface area contributed by atoms with Crippen LogP contribution in [0.2, 0.25) is 0 Å². The summed E-state index contributed by atoms with van der Waals surface area (Å²) in [6.07, 6.45) is 1.76. The van der Waals surface area contributed by atoms with Crippen molar-refractivity contribution in [2.75, 3.05) is 0 Å². The van der Waals surface area contributed by atoms with E-state index in [1.807, 2.05) is 17.5 Å². The Balaban J connectivity index is 2.08. The molecule has 20 heavy (non-hydrogen) atoms. The molecule has 2 aromatic rings. The fourth-order valence-electron chi connectivity index (χ4n) is 1.76. The minimum atomic E-state index is -3.72. The molecule has 0 amide bonds. The number of carboxylic acid groups (broad SMARTS) is 1. The van der Waals surface area contributed by atoms with Gasteiger partial charge in [-0.25, -0.2) is 17.9 Å². The predicted molar refractivity (Wildman–Crippen MR) is 75.6 cm³/mol. The quantitative estimate of drug-likeness (QED) is 0.755. The van der Waals surface area contributed by atoms with Crippen molar-refractivity contribution in [3.8, 4) is 0 Å². The van der Waals surface area contributed by atoms with Crippen molar-refractivity contribution in [2.24, 2.45) is 0 Å². The van der Waals surface area contributed by atoms with E-state index in [9.17, 15) is 13.2 Å². The van der Waals surface area contributed by atoms with Crippen LogP contribution in [0.15, 0.2) is 34.7 Å². The Hall–Kier alpha value is -1.64. The van der Waals surface area contributed by atoms with Crippen molar-refractivity contribution >= 4 is 27.3 Å². The zero-order valence-corrected chi connectivity index (χ0v) is 12.3. The SMILES string of the molecule is CC(Cc1cccs1)NS(=O)(=O)c1c[nH]c(C(=O)O)c1. The average molecular weight is 314 g/mol. The summed E-state index contributed by atoms with van der Waals surface area (Å²) in [6, 6.07) is 4.67. The lowest BCUT2D eigenvalue weighted by Gasteiger charge is -2.12. The van der Waals surface area contributed by atoms with Gasteiger partial charge in [0.05, 0.1) is 0 Å². The first kappa shape index (κ1) is 14.8. The minimum absolute atomic E-state index is 0.0760. The molecule has 0 saturated carbocycles. The van der Waals surface area contributed by atoms with Crippen molar-refractivity contribution in [2.45, 2.75) is 24.3 Å². The van der Waals surface area contributed by atoms with Gasteiger partial charge in [0.1, 0.15) is 10.6 Å². The molecule has 0 aliphatic carbocycles. The molecule has 0 bridgehead atoms. The van der Waals surface area contributed by atoms with Crippen molar-refractivity contribution in [1.29, 1.82) is 0 Å². The second-order valence-electron chi connectivity index (χ2n) is 4.36. The number of aromatic nitrogens is 1. The molecule has 1 atom stereocenters. The summed E-state index contributed by atoms with van der Waals surface area (Å²) in [5.74, 6) is -1.20. The molecule has 0 radical (unpaired) electrons. The molecule has 6 nitrogen and oxygen atoms in total. The van der Waals surface area contributed by atoms with E-state index in [0.717, 1.165) is 10.9 Å². The Morgan fingerprint density at radius 1 is 1.55 bits per heavy atom. The van der Waals surface area contributed by atoms with Gasteiger partial charge in [0.25, 0.3) is 0 Å². The van der Waals surface area contributed by atoms with Crippen LogP contribution in [0, 0.1) is 0 Å². The lowest BCUT2D eigenvalue weighted by Crippen LogP contribution is -2.33. The fourth-order valence-corrected chi connectivity index (χ4v) is 3.83. The maximum absolute atomic E-state index is 12.1. The van der Waals surface area contributed by atoms with Gasteiger partial charge in [-0.05, 0) is 30.9 Å². The first-order chi connectivity index (χ1) is 9.38. The smallest absolute Gasteiger partial charge is 0.352 e. The Morgan fingerprint density at radius 2 is 2.30 bits per heavy atom.